The lowest BCUT2D eigenvalue weighted by Gasteiger charge is -2.23. The first-order valence-electron chi connectivity index (χ1n) is 5.47. The number of Topliss-reactive ketones (excluding diaryl/α,β-unsaturated/α-hetero) is 1. The first-order valence-corrected chi connectivity index (χ1v) is 5.47. The van der Waals surface area contributed by atoms with Crippen molar-refractivity contribution in [1.82, 2.24) is 4.90 Å². The van der Waals surface area contributed by atoms with E-state index in [-0.39, 0.29) is 5.78 Å². The summed E-state index contributed by atoms with van der Waals surface area (Å²) in [5.74, 6) is 0.272. The van der Waals surface area contributed by atoms with Gasteiger partial charge in [-0.25, -0.2) is 0 Å². The summed E-state index contributed by atoms with van der Waals surface area (Å²) < 4.78 is 5.33. The highest BCUT2D eigenvalue weighted by molar-refractivity contribution is 5.76. The predicted molar refractivity (Wildman–Crippen MR) is 58.3 cm³/mol. The molecule has 0 N–H and O–H groups in total. The number of hydrogen-bond donors (Lipinski definition) is 0. The Kier molecular flexibility index (Phi) is 7.71. The number of ketones is 1. The Morgan fingerprint density at radius 2 is 2.14 bits per heavy atom. The third-order valence-corrected chi connectivity index (χ3v) is 2.27. The van der Waals surface area contributed by atoms with Crippen LogP contribution in [0.25, 0.3) is 0 Å². The molecule has 0 aromatic heterocycles. The van der Waals surface area contributed by atoms with Gasteiger partial charge in [0.15, 0.2) is 0 Å². The summed E-state index contributed by atoms with van der Waals surface area (Å²) in [7, 11) is 2.01. The number of carbonyl (C=O) groups excluding carboxylic acids is 1. The molecule has 1 unspecified atom stereocenters. The molecule has 84 valence electrons. The molecule has 0 radical (unpaired) electrons. The lowest BCUT2D eigenvalue weighted by molar-refractivity contribution is -0.118. The van der Waals surface area contributed by atoms with Gasteiger partial charge in [0.1, 0.15) is 5.78 Å². The van der Waals surface area contributed by atoms with E-state index in [1.54, 1.807) is 6.92 Å². The molecule has 1 atom stereocenters. The minimum Gasteiger partial charge on any atom is -0.366 e. The van der Waals surface area contributed by atoms with Gasteiger partial charge in [0, 0.05) is 19.1 Å². The van der Waals surface area contributed by atoms with Gasteiger partial charge in [0.2, 0.25) is 0 Å². The van der Waals surface area contributed by atoms with Gasteiger partial charge in [-0.05, 0) is 26.8 Å². The van der Waals surface area contributed by atoms with Crippen molar-refractivity contribution in [2.45, 2.75) is 46.1 Å². The van der Waals surface area contributed by atoms with Crippen molar-refractivity contribution in [2.75, 3.05) is 20.4 Å². The van der Waals surface area contributed by atoms with Crippen LogP contribution in [0, 0.1) is 0 Å². The van der Waals surface area contributed by atoms with Crippen LogP contribution < -0.4 is 0 Å². The van der Waals surface area contributed by atoms with E-state index in [2.05, 4.69) is 4.90 Å². The van der Waals surface area contributed by atoms with Crippen molar-refractivity contribution in [3.63, 3.8) is 0 Å². The molecule has 14 heavy (non-hydrogen) atoms. The van der Waals surface area contributed by atoms with E-state index in [9.17, 15) is 4.79 Å². The summed E-state index contributed by atoms with van der Waals surface area (Å²) in [6, 6.07) is 0.394. The van der Waals surface area contributed by atoms with Crippen LogP contribution in [-0.2, 0) is 9.53 Å². The van der Waals surface area contributed by atoms with Crippen molar-refractivity contribution in [3.05, 3.63) is 0 Å². The highest BCUT2D eigenvalue weighted by atomic mass is 16.5. The fraction of sp³-hybridized carbons (Fsp3) is 0.909. The molecule has 0 spiro atoms. The Morgan fingerprint density at radius 3 is 2.71 bits per heavy atom. The van der Waals surface area contributed by atoms with Crippen molar-refractivity contribution in [2.24, 2.45) is 0 Å². The van der Waals surface area contributed by atoms with E-state index in [1.165, 1.54) is 0 Å². The Hall–Kier alpha value is -0.410. The van der Waals surface area contributed by atoms with Gasteiger partial charge in [-0.2, -0.15) is 0 Å². The molecule has 3 nitrogen and oxygen atoms in total. The number of rotatable bonds is 2. The molecular weight excluding hydrogens is 178 g/mol. The SMILES string of the molecule is CC.CC(=O)CC1CCCOCN1C. The fourth-order valence-corrected chi connectivity index (χ4v) is 1.55. The van der Waals surface area contributed by atoms with E-state index in [0.717, 1.165) is 19.4 Å². The summed E-state index contributed by atoms with van der Waals surface area (Å²) in [5, 5.41) is 0. The van der Waals surface area contributed by atoms with Crippen LogP contribution in [0.4, 0.5) is 0 Å². The van der Waals surface area contributed by atoms with Crippen molar-refractivity contribution >= 4 is 5.78 Å². The number of nitrogens with zero attached hydrogens (tertiary/aromatic N) is 1. The normalized spacial score (nSPS) is 23.3. The molecule has 0 aromatic rings. The van der Waals surface area contributed by atoms with Gasteiger partial charge >= 0.3 is 0 Å². The molecule has 0 bridgehead atoms. The minimum absolute atomic E-state index is 0.272. The van der Waals surface area contributed by atoms with E-state index < -0.39 is 0 Å². The first kappa shape index (κ1) is 13.6. The maximum atomic E-state index is 10.9. The third-order valence-electron chi connectivity index (χ3n) is 2.27. The van der Waals surface area contributed by atoms with Gasteiger partial charge in [0.05, 0.1) is 6.73 Å². The van der Waals surface area contributed by atoms with Crippen LogP contribution in [0.5, 0.6) is 0 Å². The molecular formula is C11H23NO2. The first-order chi connectivity index (χ1) is 6.70. The number of carbonyl (C=O) groups is 1. The Labute approximate surface area is 87.4 Å². The number of ether oxygens (including phenoxy) is 1. The summed E-state index contributed by atoms with van der Waals surface area (Å²) in [6.45, 7) is 7.15. The maximum absolute atomic E-state index is 10.9. The Balaban J connectivity index is 0.000000791. The molecule has 3 heteroatoms. The summed E-state index contributed by atoms with van der Waals surface area (Å²) in [5.41, 5.74) is 0. The number of hydrogen-bond acceptors (Lipinski definition) is 3. The van der Waals surface area contributed by atoms with Gasteiger partial charge in [-0.1, -0.05) is 13.8 Å². The third kappa shape index (κ3) is 5.35. The lowest BCUT2D eigenvalue weighted by atomic mass is 10.1. The zero-order chi connectivity index (χ0) is 11.0. The fourth-order valence-electron chi connectivity index (χ4n) is 1.55. The predicted octanol–water partition coefficient (Wildman–Crippen LogP) is 2.06. The zero-order valence-corrected chi connectivity index (χ0v) is 9.88. The van der Waals surface area contributed by atoms with Crippen molar-refractivity contribution in [1.29, 1.82) is 0 Å². The lowest BCUT2D eigenvalue weighted by Crippen LogP contribution is -2.33. The zero-order valence-electron chi connectivity index (χ0n) is 9.88. The molecule has 0 aromatic carbocycles. The second-order valence-corrected chi connectivity index (χ2v) is 3.50. The van der Waals surface area contributed by atoms with Gasteiger partial charge in [-0.3, -0.25) is 9.69 Å². The van der Waals surface area contributed by atoms with Crippen LogP contribution >= 0.6 is 0 Å². The summed E-state index contributed by atoms with van der Waals surface area (Å²) in [6.07, 6.45) is 2.82. The second-order valence-electron chi connectivity index (χ2n) is 3.50. The summed E-state index contributed by atoms with van der Waals surface area (Å²) in [4.78, 5) is 13.0. The molecule has 1 fully saturated rings. The molecule has 1 saturated heterocycles. The maximum Gasteiger partial charge on any atom is 0.131 e. The molecule has 0 aliphatic carbocycles. The molecule has 1 heterocycles. The Bertz CT molecular complexity index is 159. The van der Waals surface area contributed by atoms with Crippen LogP contribution in [-0.4, -0.2) is 37.1 Å². The van der Waals surface area contributed by atoms with Crippen LogP contribution in [0.15, 0.2) is 0 Å². The largest absolute Gasteiger partial charge is 0.366 e. The Morgan fingerprint density at radius 1 is 1.50 bits per heavy atom. The average Bonchev–Trinajstić information content (AvgIpc) is 2.35. The van der Waals surface area contributed by atoms with Gasteiger partial charge in [0.25, 0.3) is 0 Å². The topological polar surface area (TPSA) is 29.5 Å². The van der Waals surface area contributed by atoms with Gasteiger partial charge in [-0.15, -0.1) is 0 Å². The van der Waals surface area contributed by atoms with Crippen LogP contribution in [0.1, 0.15) is 40.0 Å². The molecule has 0 amide bonds. The second kappa shape index (κ2) is 7.94. The highest BCUT2D eigenvalue weighted by Gasteiger charge is 2.18. The molecule has 1 aliphatic heterocycles. The molecule has 1 aliphatic rings. The molecule has 1 rings (SSSR count). The smallest absolute Gasteiger partial charge is 0.131 e. The minimum atomic E-state index is 0.272. The van der Waals surface area contributed by atoms with Gasteiger partial charge < -0.3 is 4.74 Å². The van der Waals surface area contributed by atoms with E-state index in [0.29, 0.717) is 19.2 Å². The van der Waals surface area contributed by atoms with E-state index >= 15 is 0 Å². The van der Waals surface area contributed by atoms with Crippen molar-refractivity contribution in [3.8, 4) is 0 Å². The standard InChI is InChI=1S/C9H17NO2.C2H6/c1-8(11)6-9-4-3-5-12-7-10(9)2;1-2/h9H,3-7H2,1-2H3;1-2H3. The van der Waals surface area contributed by atoms with E-state index in [4.69, 9.17) is 4.74 Å². The summed E-state index contributed by atoms with van der Waals surface area (Å²) >= 11 is 0. The average molecular weight is 201 g/mol. The van der Waals surface area contributed by atoms with E-state index in [1.807, 2.05) is 20.9 Å². The van der Waals surface area contributed by atoms with Crippen molar-refractivity contribution < 1.29 is 9.53 Å². The van der Waals surface area contributed by atoms with Crippen LogP contribution in [0.2, 0.25) is 0 Å². The monoisotopic (exact) mass is 201 g/mol. The quantitative estimate of drug-likeness (QED) is 0.685. The highest BCUT2D eigenvalue weighted by Crippen LogP contribution is 2.13. The molecule has 0 saturated carbocycles. The van der Waals surface area contributed by atoms with Crippen LogP contribution in [0.3, 0.4) is 0 Å².